The van der Waals surface area contributed by atoms with Crippen LogP contribution in [0.1, 0.15) is 0 Å². The quantitative estimate of drug-likeness (QED) is 0.466. The first-order valence-electron chi connectivity index (χ1n) is 2.93. The molecule has 0 spiro atoms. The predicted molar refractivity (Wildman–Crippen MR) is 42.6 cm³/mol. The third-order valence-corrected chi connectivity index (χ3v) is 1.04. The molecule has 0 aliphatic carbocycles. The number of imide groups is 2. The zero-order valence-electron chi connectivity index (χ0n) is 6.09. The van der Waals surface area contributed by atoms with Gasteiger partial charge in [-0.25, -0.2) is 4.79 Å². The van der Waals surface area contributed by atoms with E-state index in [9.17, 15) is 14.4 Å². The van der Waals surface area contributed by atoms with Crippen molar-refractivity contribution in [2.45, 2.75) is 0 Å². The van der Waals surface area contributed by atoms with Crippen LogP contribution in [0.4, 0.5) is 4.79 Å². The van der Waals surface area contributed by atoms with Crippen molar-refractivity contribution >= 4 is 29.4 Å². The maximum atomic E-state index is 10.6. The van der Waals surface area contributed by atoms with E-state index in [1.807, 2.05) is 5.32 Å². The van der Waals surface area contributed by atoms with Gasteiger partial charge in [-0.1, -0.05) is 6.58 Å². The lowest BCUT2D eigenvalue weighted by Crippen LogP contribution is -2.42. The highest BCUT2D eigenvalue weighted by atomic mass is 35.5. The van der Waals surface area contributed by atoms with Gasteiger partial charge in [-0.05, 0) is 6.08 Å². The van der Waals surface area contributed by atoms with Crippen molar-refractivity contribution in [3.05, 3.63) is 12.7 Å². The number of nitrogens with one attached hydrogen (secondary N) is 2. The molecule has 66 valence electrons. The van der Waals surface area contributed by atoms with E-state index in [1.165, 1.54) is 0 Å². The summed E-state index contributed by atoms with van der Waals surface area (Å²) in [6, 6.07) is -0.912. The largest absolute Gasteiger partial charge is 0.328 e. The number of carbonyl (C=O) groups is 3. The maximum absolute atomic E-state index is 10.6. The van der Waals surface area contributed by atoms with Crippen LogP contribution in [-0.2, 0) is 9.59 Å². The molecule has 4 amide bonds. The second-order valence-electron chi connectivity index (χ2n) is 1.70. The van der Waals surface area contributed by atoms with Crippen molar-refractivity contribution in [1.29, 1.82) is 0 Å². The lowest BCUT2D eigenvalue weighted by molar-refractivity contribution is -0.117. The van der Waals surface area contributed by atoms with Crippen molar-refractivity contribution < 1.29 is 14.4 Å². The summed E-state index contributed by atoms with van der Waals surface area (Å²) in [5.74, 6) is -1.70. The molecular formula is C6H7ClN2O3. The molecule has 0 bridgehead atoms. The van der Waals surface area contributed by atoms with E-state index in [1.54, 1.807) is 5.32 Å². The van der Waals surface area contributed by atoms with Gasteiger partial charge in [-0.2, -0.15) is 0 Å². The lowest BCUT2D eigenvalue weighted by Gasteiger charge is -2.00. The predicted octanol–water partition coefficient (Wildman–Crippen LogP) is -0.236. The van der Waals surface area contributed by atoms with Crippen molar-refractivity contribution in [2.24, 2.45) is 0 Å². The van der Waals surface area contributed by atoms with E-state index in [4.69, 9.17) is 11.6 Å². The van der Waals surface area contributed by atoms with Crippen molar-refractivity contribution in [3.8, 4) is 0 Å². The van der Waals surface area contributed by atoms with E-state index in [0.29, 0.717) is 0 Å². The summed E-state index contributed by atoms with van der Waals surface area (Å²) in [6.07, 6.45) is 0.907. The average Bonchev–Trinajstić information content (AvgIpc) is 2.03. The molecule has 0 aromatic rings. The first-order chi connectivity index (χ1) is 5.60. The van der Waals surface area contributed by atoms with Gasteiger partial charge in [0.1, 0.15) is 5.88 Å². The maximum Gasteiger partial charge on any atom is 0.328 e. The van der Waals surface area contributed by atoms with Crippen LogP contribution in [0.3, 0.4) is 0 Å². The smallest absolute Gasteiger partial charge is 0.277 e. The van der Waals surface area contributed by atoms with Crippen LogP contribution >= 0.6 is 11.6 Å². The normalized spacial score (nSPS) is 8.42. The fraction of sp³-hybridized carbons (Fsp3) is 0.167. The average molecular weight is 191 g/mol. The number of carbonyl (C=O) groups excluding carboxylic acids is 3. The van der Waals surface area contributed by atoms with Gasteiger partial charge in [-0.15, -0.1) is 11.6 Å². The van der Waals surface area contributed by atoms with Crippen LogP contribution in [0.2, 0.25) is 0 Å². The standard InChI is InChI=1S/C6H7ClN2O3/c1-2-4(10)8-6(12)9-5(11)3-7/h2H,1,3H2,(H2,8,9,10,11,12). The topological polar surface area (TPSA) is 75.3 Å². The van der Waals surface area contributed by atoms with Crippen molar-refractivity contribution in [3.63, 3.8) is 0 Å². The Hall–Kier alpha value is -1.36. The Kier molecular flexibility index (Phi) is 4.71. The minimum absolute atomic E-state index is 0.338. The molecule has 0 fully saturated rings. The molecule has 0 atom stereocenters. The Morgan fingerprint density at radius 3 is 2.33 bits per heavy atom. The fourth-order valence-corrected chi connectivity index (χ4v) is 0.421. The highest BCUT2D eigenvalue weighted by molar-refractivity contribution is 6.28. The van der Waals surface area contributed by atoms with Crippen LogP contribution in [0.15, 0.2) is 12.7 Å². The molecule has 2 N–H and O–H groups in total. The van der Waals surface area contributed by atoms with Gasteiger partial charge in [0.05, 0.1) is 0 Å². The molecule has 5 nitrogen and oxygen atoms in total. The van der Waals surface area contributed by atoms with Gasteiger partial charge in [0.25, 0.3) is 5.91 Å². The van der Waals surface area contributed by atoms with E-state index in [-0.39, 0.29) is 5.88 Å². The highest BCUT2D eigenvalue weighted by Gasteiger charge is 2.07. The summed E-state index contributed by atoms with van der Waals surface area (Å²) in [5, 5.41) is 3.61. The molecule has 0 aromatic heterocycles. The molecule has 0 saturated heterocycles. The molecule has 6 heteroatoms. The Morgan fingerprint density at radius 2 is 1.92 bits per heavy atom. The number of alkyl halides is 1. The summed E-state index contributed by atoms with van der Waals surface area (Å²) in [4.78, 5) is 31.5. The lowest BCUT2D eigenvalue weighted by atomic mass is 10.6. The third kappa shape index (κ3) is 4.45. The van der Waals surface area contributed by atoms with Crippen LogP contribution in [0, 0.1) is 0 Å². The Bertz CT molecular complexity index is 227. The molecule has 12 heavy (non-hydrogen) atoms. The number of halogens is 1. The molecule has 0 rings (SSSR count). The van der Waals surface area contributed by atoms with E-state index >= 15 is 0 Å². The van der Waals surface area contributed by atoms with E-state index < -0.39 is 17.8 Å². The molecule has 0 unspecified atom stereocenters. The number of hydrogen-bond donors (Lipinski definition) is 2. The van der Waals surface area contributed by atoms with Gasteiger partial charge < -0.3 is 0 Å². The first kappa shape index (κ1) is 10.6. The Labute approximate surface area is 73.8 Å². The molecule has 0 radical (unpaired) electrons. The Morgan fingerprint density at radius 1 is 1.33 bits per heavy atom. The number of amides is 4. The van der Waals surface area contributed by atoms with E-state index in [2.05, 4.69) is 6.58 Å². The molecular weight excluding hydrogens is 184 g/mol. The second-order valence-corrected chi connectivity index (χ2v) is 1.97. The highest BCUT2D eigenvalue weighted by Crippen LogP contribution is 1.75. The molecule has 0 aliphatic rings. The van der Waals surface area contributed by atoms with Gasteiger partial charge in [-0.3, -0.25) is 20.2 Å². The zero-order valence-corrected chi connectivity index (χ0v) is 6.85. The summed E-state index contributed by atoms with van der Waals surface area (Å²) in [5.41, 5.74) is 0. The number of hydrogen-bond acceptors (Lipinski definition) is 3. The Balaban J connectivity index is 3.82. The third-order valence-electron chi connectivity index (χ3n) is 0.796. The van der Waals surface area contributed by atoms with Gasteiger partial charge >= 0.3 is 6.03 Å². The van der Waals surface area contributed by atoms with Gasteiger partial charge in [0, 0.05) is 0 Å². The number of rotatable bonds is 2. The summed E-state index contributed by atoms with van der Waals surface area (Å²) < 4.78 is 0. The van der Waals surface area contributed by atoms with Gasteiger partial charge in [0.2, 0.25) is 5.91 Å². The molecule has 0 saturated carbocycles. The minimum Gasteiger partial charge on any atom is -0.277 e. The molecule has 0 aliphatic heterocycles. The molecule has 0 heterocycles. The SMILES string of the molecule is C=CC(=O)NC(=O)NC(=O)CCl. The zero-order chi connectivity index (χ0) is 9.56. The summed E-state index contributed by atoms with van der Waals surface area (Å²) in [7, 11) is 0. The van der Waals surface area contributed by atoms with Crippen LogP contribution < -0.4 is 10.6 Å². The minimum atomic E-state index is -0.912. The second kappa shape index (κ2) is 5.31. The first-order valence-corrected chi connectivity index (χ1v) is 3.46. The summed E-state index contributed by atoms with van der Waals surface area (Å²) >= 11 is 5.07. The van der Waals surface area contributed by atoms with Crippen LogP contribution in [0.5, 0.6) is 0 Å². The fourth-order valence-electron chi connectivity index (χ4n) is 0.354. The van der Waals surface area contributed by atoms with E-state index in [0.717, 1.165) is 6.08 Å². The monoisotopic (exact) mass is 190 g/mol. The van der Waals surface area contributed by atoms with Crippen molar-refractivity contribution in [1.82, 2.24) is 10.6 Å². The molecule has 0 aromatic carbocycles. The van der Waals surface area contributed by atoms with Crippen LogP contribution in [0.25, 0.3) is 0 Å². The van der Waals surface area contributed by atoms with Crippen LogP contribution in [-0.4, -0.2) is 23.7 Å². The summed E-state index contributed by atoms with van der Waals surface area (Å²) in [6.45, 7) is 3.11. The number of urea groups is 1. The van der Waals surface area contributed by atoms with Crippen molar-refractivity contribution in [2.75, 3.05) is 5.88 Å². The van der Waals surface area contributed by atoms with Gasteiger partial charge in [0.15, 0.2) is 0 Å².